The maximum atomic E-state index is 12.1. The fourth-order valence-electron chi connectivity index (χ4n) is 2.18. The van der Waals surface area contributed by atoms with E-state index in [1.54, 1.807) is 12.1 Å². The third-order valence-corrected chi connectivity index (χ3v) is 3.34. The molecule has 2 N–H and O–H groups in total. The van der Waals surface area contributed by atoms with E-state index in [-0.39, 0.29) is 5.75 Å². The zero-order chi connectivity index (χ0) is 17.2. The van der Waals surface area contributed by atoms with Gasteiger partial charge in [-0.2, -0.15) is 8.78 Å². The predicted octanol–water partition coefficient (Wildman–Crippen LogP) is 1.83. The number of benzene rings is 1. The second-order valence-electron chi connectivity index (χ2n) is 5.11. The number of hydrogen-bond donors (Lipinski definition) is 1. The van der Waals surface area contributed by atoms with E-state index < -0.39 is 6.61 Å². The van der Waals surface area contributed by atoms with E-state index in [9.17, 15) is 8.78 Å². The van der Waals surface area contributed by atoms with Crippen LogP contribution in [0.25, 0.3) is 0 Å². The highest BCUT2D eigenvalue weighted by atomic mass is 19.3. The Bertz CT molecular complexity index is 500. The lowest BCUT2D eigenvalue weighted by atomic mass is 10.3. The molecule has 0 aromatic heterocycles. The summed E-state index contributed by atoms with van der Waals surface area (Å²) in [6.45, 7) is 1.40. The average molecular weight is 343 g/mol. The number of hydrogen-bond acceptors (Lipinski definition) is 6. The van der Waals surface area contributed by atoms with Crippen LogP contribution in [0.1, 0.15) is 0 Å². The van der Waals surface area contributed by atoms with Crippen molar-refractivity contribution in [3.8, 4) is 5.75 Å². The van der Waals surface area contributed by atoms with Gasteiger partial charge in [0, 0.05) is 31.2 Å². The van der Waals surface area contributed by atoms with Crippen LogP contribution in [-0.4, -0.2) is 57.7 Å². The van der Waals surface area contributed by atoms with E-state index >= 15 is 0 Å². The fourth-order valence-corrected chi connectivity index (χ4v) is 2.18. The highest BCUT2D eigenvalue weighted by molar-refractivity contribution is 5.52. The molecule has 0 radical (unpaired) electrons. The summed E-state index contributed by atoms with van der Waals surface area (Å²) in [6.07, 6.45) is 3.91. The molecule has 0 amide bonds. The monoisotopic (exact) mass is 343 g/mol. The number of alkyl halides is 2. The lowest BCUT2D eigenvalue weighted by Crippen LogP contribution is -2.28. The van der Waals surface area contributed by atoms with Crippen LogP contribution in [0.2, 0.25) is 0 Å². The lowest BCUT2D eigenvalue weighted by molar-refractivity contribution is -0.0498. The zero-order valence-corrected chi connectivity index (χ0v) is 13.4. The minimum absolute atomic E-state index is 0.152. The van der Waals surface area contributed by atoms with Crippen molar-refractivity contribution < 1.29 is 23.0 Å². The molecule has 1 heterocycles. The molecular formula is C16H23F2N3O3. The molecule has 24 heavy (non-hydrogen) atoms. The lowest BCUT2D eigenvalue weighted by Gasteiger charge is -2.21. The Labute approximate surface area is 140 Å². The van der Waals surface area contributed by atoms with Crippen LogP contribution >= 0.6 is 0 Å². The maximum Gasteiger partial charge on any atom is 0.387 e. The van der Waals surface area contributed by atoms with Crippen molar-refractivity contribution in [1.82, 2.24) is 4.90 Å². The van der Waals surface area contributed by atoms with Crippen LogP contribution in [0.5, 0.6) is 5.75 Å². The number of nitrogens with zero attached hydrogens (tertiary/aromatic N) is 2. The van der Waals surface area contributed by atoms with Crippen molar-refractivity contribution in [2.75, 3.05) is 51.1 Å². The minimum Gasteiger partial charge on any atom is -0.435 e. The van der Waals surface area contributed by atoms with E-state index in [0.29, 0.717) is 39.6 Å². The fraction of sp³-hybridized carbons (Fsp3) is 0.500. The molecule has 1 aliphatic heterocycles. The van der Waals surface area contributed by atoms with Crippen LogP contribution in [0.15, 0.2) is 36.7 Å². The first-order valence-electron chi connectivity index (χ1n) is 7.78. The van der Waals surface area contributed by atoms with Gasteiger partial charge >= 0.3 is 6.61 Å². The molecule has 1 aromatic rings. The van der Waals surface area contributed by atoms with Crippen molar-refractivity contribution in [1.29, 1.82) is 0 Å². The summed E-state index contributed by atoms with van der Waals surface area (Å²) in [5.74, 6) is 0.152. The van der Waals surface area contributed by atoms with E-state index in [4.69, 9.17) is 15.2 Å². The van der Waals surface area contributed by atoms with Gasteiger partial charge in [-0.25, -0.2) is 0 Å². The second kappa shape index (κ2) is 10.1. The van der Waals surface area contributed by atoms with Gasteiger partial charge in [0.05, 0.1) is 33.1 Å². The molecule has 2 rings (SSSR count). The molecule has 134 valence electrons. The molecule has 0 aliphatic carbocycles. The molecule has 1 aromatic carbocycles. The van der Waals surface area contributed by atoms with E-state index in [2.05, 4.69) is 9.64 Å². The van der Waals surface area contributed by atoms with Gasteiger partial charge in [-0.15, -0.1) is 0 Å². The summed E-state index contributed by atoms with van der Waals surface area (Å²) >= 11 is 0. The van der Waals surface area contributed by atoms with Gasteiger partial charge in [0.2, 0.25) is 0 Å². The quantitative estimate of drug-likeness (QED) is 0.619. The minimum atomic E-state index is -2.81. The van der Waals surface area contributed by atoms with Gasteiger partial charge in [-0.3, -0.25) is 0 Å². The Morgan fingerprint density at radius 2 is 1.71 bits per heavy atom. The first-order valence-corrected chi connectivity index (χ1v) is 7.78. The zero-order valence-electron chi connectivity index (χ0n) is 13.4. The molecule has 0 unspecified atom stereocenters. The van der Waals surface area contributed by atoms with Crippen LogP contribution < -0.4 is 15.4 Å². The highest BCUT2D eigenvalue weighted by Crippen LogP contribution is 2.23. The molecule has 8 heteroatoms. The molecular weight excluding hydrogens is 320 g/mol. The molecule has 0 saturated carbocycles. The van der Waals surface area contributed by atoms with Crippen LogP contribution in [0.3, 0.4) is 0 Å². The Hall–Kier alpha value is -1.90. The van der Waals surface area contributed by atoms with E-state index in [1.165, 1.54) is 12.1 Å². The van der Waals surface area contributed by atoms with Crippen molar-refractivity contribution >= 4 is 5.69 Å². The van der Waals surface area contributed by atoms with Crippen LogP contribution in [-0.2, 0) is 9.47 Å². The smallest absolute Gasteiger partial charge is 0.387 e. The molecule has 0 fully saturated rings. The van der Waals surface area contributed by atoms with Crippen LogP contribution in [0.4, 0.5) is 14.5 Å². The van der Waals surface area contributed by atoms with Gasteiger partial charge in [0.1, 0.15) is 5.75 Å². The largest absolute Gasteiger partial charge is 0.435 e. The molecule has 0 saturated heterocycles. The number of halogens is 2. The van der Waals surface area contributed by atoms with Crippen molar-refractivity contribution in [2.24, 2.45) is 5.73 Å². The molecule has 0 bridgehead atoms. The third kappa shape index (κ3) is 6.31. The first-order chi connectivity index (χ1) is 11.7. The summed E-state index contributed by atoms with van der Waals surface area (Å²) in [6, 6.07) is 6.55. The van der Waals surface area contributed by atoms with Crippen molar-refractivity contribution in [3.05, 3.63) is 36.7 Å². The molecule has 1 aliphatic rings. The number of anilines is 1. The molecule has 6 nitrogen and oxygen atoms in total. The van der Waals surface area contributed by atoms with E-state index in [1.807, 2.05) is 17.3 Å². The Morgan fingerprint density at radius 1 is 1.00 bits per heavy atom. The van der Waals surface area contributed by atoms with E-state index in [0.717, 1.165) is 12.2 Å². The molecule has 0 spiro atoms. The number of ether oxygens (including phenoxy) is 3. The second-order valence-corrected chi connectivity index (χ2v) is 5.11. The number of rotatable bonds is 11. The summed E-state index contributed by atoms with van der Waals surface area (Å²) < 4.78 is 39.3. The Morgan fingerprint density at radius 3 is 2.38 bits per heavy atom. The Kier molecular flexibility index (Phi) is 7.73. The summed E-state index contributed by atoms with van der Waals surface area (Å²) in [5, 5.41) is 0. The van der Waals surface area contributed by atoms with Gasteiger partial charge in [-0.05, 0) is 24.3 Å². The average Bonchev–Trinajstić information content (AvgIpc) is 3.03. The van der Waals surface area contributed by atoms with Gasteiger partial charge in [0.25, 0.3) is 0 Å². The SMILES string of the molecule is NCCOCCOCCN1C=CN(c2ccc(OC(F)F)cc2)C1. The third-order valence-electron chi connectivity index (χ3n) is 3.34. The summed E-state index contributed by atoms with van der Waals surface area (Å²) in [7, 11) is 0. The predicted molar refractivity (Wildman–Crippen MR) is 87.0 cm³/mol. The maximum absolute atomic E-state index is 12.1. The summed E-state index contributed by atoms with van der Waals surface area (Å²) in [4.78, 5) is 4.11. The van der Waals surface area contributed by atoms with Gasteiger partial charge < -0.3 is 29.7 Å². The Balaban J connectivity index is 1.65. The summed E-state index contributed by atoms with van der Waals surface area (Å²) in [5.41, 5.74) is 6.23. The normalized spacial score (nSPS) is 14.0. The molecule has 0 atom stereocenters. The van der Waals surface area contributed by atoms with Crippen molar-refractivity contribution in [2.45, 2.75) is 6.61 Å². The highest BCUT2D eigenvalue weighted by Gasteiger charge is 2.14. The van der Waals surface area contributed by atoms with Gasteiger partial charge in [-0.1, -0.05) is 0 Å². The topological polar surface area (TPSA) is 60.2 Å². The number of nitrogens with two attached hydrogens (primary N) is 1. The van der Waals surface area contributed by atoms with Crippen LogP contribution in [0, 0.1) is 0 Å². The first kappa shape index (κ1) is 18.4. The standard InChI is InChI=1S/C16H23F2N3O3/c17-16(18)24-15-3-1-14(2-4-15)21-7-6-20(13-21)8-10-23-12-11-22-9-5-19/h1-4,6-7,16H,5,8-13,19H2. The van der Waals surface area contributed by atoms with Gasteiger partial charge in [0.15, 0.2) is 0 Å². The van der Waals surface area contributed by atoms with Crippen molar-refractivity contribution in [3.63, 3.8) is 0 Å².